The minimum Gasteiger partial charge on any atom is -0.370 e. The van der Waals surface area contributed by atoms with Crippen molar-refractivity contribution in [2.45, 2.75) is 19.1 Å². The monoisotopic (exact) mass is 207 g/mol. The molecule has 1 amide bonds. The van der Waals surface area contributed by atoms with Crippen molar-refractivity contribution in [2.24, 2.45) is 0 Å². The maximum absolute atomic E-state index is 11.1. The zero-order chi connectivity index (χ0) is 10.0. The van der Waals surface area contributed by atoms with E-state index in [1.54, 1.807) is 12.5 Å². The van der Waals surface area contributed by atoms with Crippen LogP contribution >= 0.6 is 10.9 Å². The molecule has 1 aliphatic rings. The lowest BCUT2D eigenvalue weighted by atomic mass is 10.4. The number of hydroxylamine groups is 2. The van der Waals surface area contributed by atoms with Gasteiger partial charge in [0.1, 0.15) is 0 Å². The number of carbonyl (C=O) groups excluding carboxylic acids is 2. The Bertz CT molecular complexity index is 231. The predicted molar refractivity (Wildman–Crippen MR) is 49.4 cm³/mol. The van der Waals surface area contributed by atoms with E-state index in [9.17, 15) is 14.7 Å². The summed E-state index contributed by atoms with van der Waals surface area (Å²) in [6.07, 6.45) is 3.05. The first kappa shape index (κ1) is 10.3. The summed E-state index contributed by atoms with van der Waals surface area (Å²) in [5, 5.41) is 9.55. The molecular weight excluding hydrogens is 194 g/mol. The van der Waals surface area contributed by atoms with Gasteiger partial charge in [-0.1, -0.05) is 0 Å². The molecule has 0 aromatic carbocycles. The highest BCUT2D eigenvalue weighted by Crippen LogP contribution is 2.23. The third-order valence-corrected chi connectivity index (χ3v) is 2.49. The van der Waals surface area contributed by atoms with E-state index in [2.05, 4.69) is 0 Å². The van der Waals surface area contributed by atoms with Crippen LogP contribution in [-0.2, 0) is 9.63 Å². The number of rotatable bonds is 1. The number of hydrogen-bond donors (Lipinski definition) is 2. The summed E-state index contributed by atoms with van der Waals surface area (Å²) >= 11 is 0. The molecule has 5 nitrogen and oxygen atoms in total. The molecule has 0 aliphatic carbocycles. The molecule has 1 saturated heterocycles. The number of aliphatic hydroxyl groups excluding tert-OH is 1. The van der Waals surface area contributed by atoms with Crippen LogP contribution in [0.15, 0.2) is 0 Å². The van der Waals surface area contributed by atoms with Gasteiger partial charge in [0.2, 0.25) is 0 Å². The van der Waals surface area contributed by atoms with Gasteiger partial charge >= 0.3 is 5.30 Å². The van der Waals surface area contributed by atoms with Crippen LogP contribution in [0.25, 0.3) is 0 Å². The summed E-state index contributed by atoms with van der Waals surface area (Å²) in [7, 11) is -0.882. The van der Waals surface area contributed by atoms with Crippen LogP contribution in [0.5, 0.6) is 0 Å². The quantitative estimate of drug-likeness (QED) is 0.604. The SMILES string of the molecule is C[SH](C)C(=O)ON1C(=O)CCC1O. The molecule has 1 fully saturated rings. The van der Waals surface area contributed by atoms with Crippen molar-refractivity contribution in [2.75, 3.05) is 12.5 Å². The zero-order valence-electron chi connectivity index (χ0n) is 7.56. The third-order valence-electron chi connectivity index (χ3n) is 1.67. The molecule has 1 heterocycles. The van der Waals surface area contributed by atoms with E-state index in [1.165, 1.54) is 0 Å². The van der Waals surface area contributed by atoms with Crippen LogP contribution in [-0.4, -0.2) is 40.1 Å². The Hall–Kier alpha value is -0.750. The molecule has 0 radical (unpaired) electrons. The lowest BCUT2D eigenvalue weighted by molar-refractivity contribution is -0.185. The van der Waals surface area contributed by atoms with E-state index in [0.29, 0.717) is 6.42 Å². The van der Waals surface area contributed by atoms with E-state index >= 15 is 0 Å². The lowest BCUT2D eigenvalue weighted by Gasteiger charge is -2.20. The molecule has 0 aromatic heterocycles. The molecule has 1 rings (SSSR count). The average Bonchev–Trinajstić information content (AvgIpc) is 2.35. The molecule has 13 heavy (non-hydrogen) atoms. The summed E-state index contributed by atoms with van der Waals surface area (Å²) in [5.74, 6) is -0.335. The van der Waals surface area contributed by atoms with Crippen LogP contribution < -0.4 is 0 Å². The maximum atomic E-state index is 11.1. The Morgan fingerprint density at radius 1 is 1.69 bits per heavy atom. The predicted octanol–water partition coefficient (Wildman–Crippen LogP) is 0.240. The zero-order valence-corrected chi connectivity index (χ0v) is 8.45. The first-order valence-corrected chi connectivity index (χ1v) is 6.15. The molecule has 0 spiro atoms. The summed E-state index contributed by atoms with van der Waals surface area (Å²) in [4.78, 5) is 26.9. The molecule has 6 heteroatoms. The molecule has 1 aliphatic heterocycles. The highest BCUT2D eigenvalue weighted by Gasteiger charge is 2.33. The molecule has 0 saturated carbocycles. The number of aliphatic hydroxyl groups is 1. The molecule has 76 valence electrons. The Balaban J connectivity index is 2.52. The Morgan fingerprint density at radius 2 is 2.31 bits per heavy atom. The third kappa shape index (κ3) is 2.35. The summed E-state index contributed by atoms with van der Waals surface area (Å²) in [6, 6.07) is 0. The van der Waals surface area contributed by atoms with Crippen LogP contribution in [0.3, 0.4) is 0 Å². The summed E-state index contributed by atoms with van der Waals surface area (Å²) < 4.78 is 0. The second-order valence-electron chi connectivity index (χ2n) is 2.99. The fourth-order valence-corrected chi connectivity index (χ4v) is 1.18. The largest absolute Gasteiger partial charge is 0.371 e. The number of nitrogens with zero attached hydrogens (tertiary/aromatic N) is 1. The molecular formula is C7H13NO4S. The van der Waals surface area contributed by atoms with Gasteiger partial charge in [-0.3, -0.25) is 4.79 Å². The minimum absolute atomic E-state index is 0.236. The Kier molecular flexibility index (Phi) is 3.16. The van der Waals surface area contributed by atoms with E-state index in [0.717, 1.165) is 5.06 Å². The Labute approximate surface area is 79.0 Å². The highest BCUT2D eigenvalue weighted by molar-refractivity contribution is 8.28. The molecule has 1 N–H and O–H groups in total. The summed E-state index contributed by atoms with van der Waals surface area (Å²) in [6.45, 7) is 0. The maximum Gasteiger partial charge on any atom is 0.371 e. The number of hydrogen-bond acceptors (Lipinski definition) is 4. The van der Waals surface area contributed by atoms with Crippen molar-refractivity contribution in [1.82, 2.24) is 5.06 Å². The molecule has 0 bridgehead atoms. The van der Waals surface area contributed by atoms with Gasteiger partial charge in [0.15, 0.2) is 6.23 Å². The van der Waals surface area contributed by atoms with E-state index in [1.807, 2.05) is 0 Å². The normalized spacial score (nSPS) is 23.3. The van der Waals surface area contributed by atoms with Gasteiger partial charge in [-0.2, -0.15) is 10.9 Å². The van der Waals surface area contributed by atoms with E-state index in [-0.39, 0.29) is 12.3 Å². The standard InChI is InChI=1S/C7H13NO4S/c1-13(2)7(11)12-8-5(9)3-4-6(8)10/h5,9,13H,3-4H2,1-2H3. The van der Waals surface area contributed by atoms with Crippen molar-refractivity contribution >= 4 is 22.1 Å². The first-order chi connectivity index (χ1) is 6.02. The van der Waals surface area contributed by atoms with Crippen molar-refractivity contribution in [3.05, 3.63) is 0 Å². The van der Waals surface area contributed by atoms with Crippen molar-refractivity contribution < 1.29 is 19.5 Å². The van der Waals surface area contributed by atoms with Crippen LogP contribution in [0, 0.1) is 0 Å². The van der Waals surface area contributed by atoms with Gasteiger partial charge in [0, 0.05) is 12.8 Å². The highest BCUT2D eigenvalue weighted by atomic mass is 32.2. The van der Waals surface area contributed by atoms with E-state index in [4.69, 9.17) is 4.84 Å². The van der Waals surface area contributed by atoms with Crippen molar-refractivity contribution in [1.29, 1.82) is 0 Å². The second kappa shape index (κ2) is 3.97. The van der Waals surface area contributed by atoms with Gasteiger partial charge in [0.05, 0.1) is 0 Å². The Morgan fingerprint density at radius 3 is 2.69 bits per heavy atom. The smallest absolute Gasteiger partial charge is 0.370 e. The van der Waals surface area contributed by atoms with Crippen molar-refractivity contribution in [3.8, 4) is 0 Å². The number of amides is 1. The van der Waals surface area contributed by atoms with Crippen LogP contribution in [0.2, 0.25) is 0 Å². The van der Waals surface area contributed by atoms with Crippen molar-refractivity contribution in [3.63, 3.8) is 0 Å². The lowest BCUT2D eigenvalue weighted by Crippen LogP contribution is -2.34. The van der Waals surface area contributed by atoms with Gasteiger partial charge in [-0.25, -0.2) is 4.79 Å². The minimum atomic E-state index is -0.966. The van der Waals surface area contributed by atoms with E-state index < -0.39 is 22.4 Å². The number of carbonyl (C=O) groups is 2. The van der Waals surface area contributed by atoms with Crippen LogP contribution in [0.4, 0.5) is 4.79 Å². The van der Waals surface area contributed by atoms with Gasteiger partial charge < -0.3 is 9.94 Å². The van der Waals surface area contributed by atoms with Gasteiger partial charge in [-0.15, -0.1) is 5.06 Å². The first-order valence-electron chi connectivity index (χ1n) is 3.91. The fourth-order valence-electron chi connectivity index (χ4n) is 0.924. The van der Waals surface area contributed by atoms with Gasteiger partial charge in [0.25, 0.3) is 5.91 Å². The molecule has 1 atom stereocenters. The fraction of sp³-hybridized carbons (Fsp3) is 0.714. The molecule has 1 unspecified atom stereocenters. The average molecular weight is 207 g/mol. The second-order valence-corrected chi connectivity index (χ2v) is 5.14. The number of thiol groups is 1. The van der Waals surface area contributed by atoms with Crippen LogP contribution in [0.1, 0.15) is 12.8 Å². The topological polar surface area (TPSA) is 66.8 Å². The van der Waals surface area contributed by atoms with Gasteiger partial charge in [-0.05, 0) is 12.5 Å². The molecule has 0 aromatic rings. The summed E-state index contributed by atoms with van der Waals surface area (Å²) in [5.41, 5.74) is 0.